The van der Waals surface area contributed by atoms with Crippen LogP contribution in [0.2, 0.25) is 0 Å². The van der Waals surface area contributed by atoms with Crippen LogP contribution in [0.5, 0.6) is 0 Å². The number of hydrogen-bond donors (Lipinski definition) is 0. The van der Waals surface area contributed by atoms with Crippen LogP contribution in [0, 0.1) is 12.7 Å². The highest BCUT2D eigenvalue weighted by molar-refractivity contribution is 7.89. The summed E-state index contributed by atoms with van der Waals surface area (Å²) < 4.78 is 50.7. The average Bonchev–Trinajstić information content (AvgIpc) is 2.69. The third kappa shape index (κ3) is 4.52. The fourth-order valence-electron chi connectivity index (χ4n) is 2.68. The molecule has 3 rings (SSSR count). The molecule has 1 aliphatic heterocycles. The molecule has 1 saturated heterocycles. The molecular formula is C19H20FNO5S. The number of hydrogen-bond acceptors (Lipinski definition) is 5. The zero-order valence-electron chi connectivity index (χ0n) is 14.9. The number of halogens is 1. The largest absolute Gasteiger partial charge is 0.457 e. The van der Waals surface area contributed by atoms with E-state index in [9.17, 15) is 17.6 Å². The normalized spacial score (nSPS) is 15.5. The summed E-state index contributed by atoms with van der Waals surface area (Å²) in [5.41, 5.74) is 1.08. The van der Waals surface area contributed by atoms with Gasteiger partial charge >= 0.3 is 5.97 Å². The summed E-state index contributed by atoms with van der Waals surface area (Å²) in [5.74, 6) is -1.15. The molecule has 0 aromatic heterocycles. The highest BCUT2D eigenvalue weighted by atomic mass is 32.2. The molecule has 27 heavy (non-hydrogen) atoms. The molecule has 2 aromatic rings. The highest BCUT2D eigenvalue weighted by Gasteiger charge is 2.26. The molecule has 6 nitrogen and oxygen atoms in total. The Kier molecular flexibility index (Phi) is 5.88. The Labute approximate surface area is 157 Å². The van der Waals surface area contributed by atoms with Crippen molar-refractivity contribution in [1.29, 1.82) is 0 Å². The van der Waals surface area contributed by atoms with Gasteiger partial charge < -0.3 is 9.47 Å². The quantitative estimate of drug-likeness (QED) is 0.730. The molecule has 1 heterocycles. The van der Waals surface area contributed by atoms with E-state index >= 15 is 0 Å². The molecule has 8 heteroatoms. The van der Waals surface area contributed by atoms with Gasteiger partial charge in [0.1, 0.15) is 12.4 Å². The Balaban J connectivity index is 1.70. The van der Waals surface area contributed by atoms with Crippen molar-refractivity contribution in [3.05, 3.63) is 65.0 Å². The SMILES string of the molecule is Cc1ccc(C(=O)OCc2cccc(S(=O)(=O)N3CCOCC3)c2)cc1F. The van der Waals surface area contributed by atoms with Crippen LogP contribution in [0.15, 0.2) is 47.4 Å². The lowest BCUT2D eigenvalue weighted by Gasteiger charge is -2.26. The average molecular weight is 393 g/mol. The minimum atomic E-state index is -3.62. The number of morpholine rings is 1. The van der Waals surface area contributed by atoms with Gasteiger partial charge in [0.25, 0.3) is 0 Å². The van der Waals surface area contributed by atoms with Crippen LogP contribution in [0.25, 0.3) is 0 Å². The van der Waals surface area contributed by atoms with Crippen LogP contribution in [-0.4, -0.2) is 45.0 Å². The summed E-state index contributed by atoms with van der Waals surface area (Å²) >= 11 is 0. The molecule has 0 saturated carbocycles. The van der Waals surface area contributed by atoms with Gasteiger partial charge in [-0.2, -0.15) is 4.31 Å². The molecule has 2 aromatic carbocycles. The van der Waals surface area contributed by atoms with Crippen LogP contribution in [0.3, 0.4) is 0 Å². The third-order valence-electron chi connectivity index (χ3n) is 4.28. The molecule has 0 bridgehead atoms. The van der Waals surface area contributed by atoms with Crippen molar-refractivity contribution in [1.82, 2.24) is 4.31 Å². The molecule has 0 atom stereocenters. The minimum Gasteiger partial charge on any atom is -0.457 e. The van der Waals surface area contributed by atoms with Crippen molar-refractivity contribution < 1.29 is 27.1 Å². The second kappa shape index (κ2) is 8.16. The van der Waals surface area contributed by atoms with Crippen molar-refractivity contribution in [2.24, 2.45) is 0 Å². The van der Waals surface area contributed by atoms with E-state index in [4.69, 9.17) is 9.47 Å². The van der Waals surface area contributed by atoms with Crippen molar-refractivity contribution in [3.63, 3.8) is 0 Å². The van der Waals surface area contributed by atoms with Gasteiger partial charge in [-0.05, 0) is 42.3 Å². The number of carbonyl (C=O) groups is 1. The number of rotatable bonds is 5. The van der Waals surface area contributed by atoms with Gasteiger partial charge in [-0.25, -0.2) is 17.6 Å². The number of ether oxygens (including phenoxy) is 2. The summed E-state index contributed by atoms with van der Waals surface area (Å²) in [7, 11) is -3.62. The van der Waals surface area contributed by atoms with E-state index in [-0.39, 0.29) is 17.1 Å². The van der Waals surface area contributed by atoms with Gasteiger partial charge in [0.05, 0.1) is 23.7 Å². The maximum Gasteiger partial charge on any atom is 0.338 e. The first-order valence-electron chi connectivity index (χ1n) is 8.48. The summed E-state index contributed by atoms with van der Waals surface area (Å²) in [5, 5.41) is 0. The number of aryl methyl sites for hydroxylation is 1. The van der Waals surface area contributed by atoms with Gasteiger partial charge in [0, 0.05) is 13.1 Å². The van der Waals surface area contributed by atoms with Gasteiger partial charge in [-0.15, -0.1) is 0 Å². The van der Waals surface area contributed by atoms with Crippen molar-refractivity contribution >= 4 is 16.0 Å². The van der Waals surface area contributed by atoms with Crippen LogP contribution in [0.1, 0.15) is 21.5 Å². The summed E-state index contributed by atoms with van der Waals surface area (Å²) in [6.45, 7) is 2.83. The Morgan fingerprint density at radius 3 is 2.63 bits per heavy atom. The van der Waals surface area contributed by atoms with E-state index in [0.29, 0.717) is 37.4 Å². The van der Waals surface area contributed by atoms with Crippen molar-refractivity contribution in [3.8, 4) is 0 Å². The lowest BCUT2D eigenvalue weighted by molar-refractivity contribution is 0.0472. The first-order valence-corrected chi connectivity index (χ1v) is 9.92. The second-order valence-corrected chi connectivity index (χ2v) is 8.14. The summed E-state index contributed by atoms with van der Waals surface area (Å²) in [6, 6.07) is 10.4. The molecule has 0 unspecified atom stereocenters. The highest BCUT2D eigenvalue weighted by Crippen LogP contribution is 2.19. The molecule has 0 spiro atoms. The molecular weight excluding hydrogens is 373 g/mol. The molecule has 0 radical (unpaired) electrons. The molecule has 0 aliphatic carbocycles. The van der Waals surface area contributed by atoms with Crippen molar-refractivity contribution in [2.75, 3.05) is 26.3 Å². The van der Waals surface area contributed by atoms with Crippen LogP contribution < -0.4 is 0 Å². The van der Waals surface area contributed by atoms with Crippen LogP contribution in [-0.2, 0) is 26.1 Å². The van der Waals surface area contributed by atoms with E-state index in [1.807, 2.05) is 0 Å². The number of nitrogens with zero attached hydrogens (tertiary/aromatic N) is 1. The molecule has 1 aliphatic rings. The standard InChI is InChI=1S/C19H20FNO5S/c1-14-5-6-16(12-18(14)20)19(22)26-13-15-3-2-4-17(11-15)27(23,24)21-7-9-25-10-8-21/h2-6,11-12H,7-10,13H2,1H3. The van der Waals surface area contributed by atoms with E-state index in [2.05, 4.69) is 0 Å². The predicted octanol–water partition coefficient (Wildman–Crippen LogP) is 2.51. The van der Waals surface area contributed by atoms with Crippen molar-refractivity contribution in [2.45, 2.75) is 18.4 Å². The number of carbonyl (C=O) groups excluding carboxylic acids is 1. The number of sulfonamides is 1. The summed E-state index contributed by atoms with van der Waals surface area (Å²) in [4.78, 5) is 12.2. The Morgan fingerprint density at radius 1 is 1.19 bits per heavy atom. The third-order valence-corrected chi connectivity index (χ3v) is 6.18. The van der Waals surface area contributed by atoms with Gasteiger partial charge in [-0.3, -0.25) is 0 Å². The lowest BCUT2D eigenvalue weighted by Crippen LogP contribution is -2.40. The first-order chi connectivity index (χ1) is 12.9. The lowest BCUT2D eigenvalue weighted by atomic mass is 10.1. The van der Waals surface area contributed by atoms with Gasteiger partial charge in [0.2, 0.25) is 10.0 Å². The fourth-order valence-corrected chi connectivity index (χ4v) is 4.16. The first kappa shape index (κ1) is 19.5. The van der Waals surface area contributed by atoms with E-state index < -0.39 is 21.8 Å². The second-order valence-electron chi connectivity index (χ2n) is 6.20. The molecule has 0 N–H and O–H groups in total. The van der Waals surface area contributed by atoms with Crippen LogP contribution >= 0.6 is 0 Å². The predicted molar refractivity (Wildman–Crippen MR) is 96.3 cm³/mol. The monoisotopic (exact) mass is 393 g/mol. The maximum atomic E-state index is 13.6. The molecule has 144 valence electrons. The van der Waals surface area contributed by atoms with E-state index in [1.165, 1.54) is 28.6 Å². The van der Waals surface area contributed by atoms with E-state index in [0.717, 1.165) is 6.07 Å². The Morgan fingerprint density at radius 2 is 1.93 bits per heavy atom. The maximum absolute atomic E-state index is 13.6. The van der Waals surface area contributed by atoms with Gasteiger partial charge in [-0.1, -0.05) is 18.2 Å². The van der Waals surface area contributed by atoms with Gasteiger partial charge in [0.15, 0.2) is 0 Å². The molecule has 0 amide bonds. The topological polar surface area (TPSA) is 72.9 Å². The fraction of sp³-hybridized carbons (Fsp3) is 0.316. The minimum absolute atomic E-state index is 0.107. The zero-order valence-corrected chi connectivity index (χ0v) is 15.7. The smallest absolute Gasteiger partial charge is 0.338 e. The Hall–Kier alpha value is -2.29. The summed E-state index contributed by atoms with van der Waals surface area (Å²) in [6.07, 6.45) is 0. The molecule has 1 fully saturated rings. The Bertz CT molecular complexity index is 939. The number of benzene rings is 2. The number of esters is 1. The van der Waals surface area contributed by atoms with E-state index in [1.54, 1.807) is 19.1 Å². The zero-order chi connectivity index (χ0) is 19.4. The van der Waals surface area contributed by atoms with Crippen LogP contribution in [0.4, 0.5) is 4.39 Å².